The van der Waals surface area contributed by atoms with Gasteiger partial charge in [0.25, 0.3) is 0 Å². The first kappa shape index (κ1) is 13.4. The van der Waals surface area contributed by atoms with Crippen LogP contribution in [0.25, 0.3) is 0 Å². The van der Waals surface area contributed by atoms with Crippen LogP contribution in [0.3, 0.4) is 0 Å². The number of benzene rings is 1. The zero-order valence-electron chi connectivity index (χ0n) is 11.8. The second-order valence-electron chi connectivity index (χ2n) is 5.60. The molecular weight excluding hydrogens is 222 g/mol. The van der Waals surface area contributed by atoms with Crippen molar-refractivity contribution in [2.24, 2.45) is 5.92 Å². The monoisotopic (exact) mass is 247 g/mol. The average molecular weight is 247 g/mol. The molecule has 2 rings (SSSR count). The van der Waals surface area contributed by atoms with Gasteiger partial charge < -0.3 is 10.1 Å². The molecule has 100 valence electrons. The van der Waals surface area contributed by atoms with Crippen molar-refractivity contribution >= 4 is 0 Å². The second-order valence-corrected chi connectivity index (χ2v) is 5.60. The van der Waals surface area contributed by atoms with Gasteiger partial charge in [-0.2, -0.15) is 0 Å². The van der Waals surface area contributed by atoms with Crippen LogP contribution >= 0.6 is 0 Å². The Kier molecular flexibility index (Phi) is 4.65. The molecule has 0 aromatic heterocycles. The van der Waals surface area contributed by atoms with E-state index in [0.717, 1.165) is 24.8 Å². The van der Waals surface area contributed by atoms with Gasteiger partial charge in [-0.05, 0) is 25.3 Å². The van der Waals surface area contributed by atoms with Crippen LogP contribution in [0.5, 0.6) is 5.75 Å². The number of nitrogens with one attached hydrogen (secondary N) is 1. The lowest BCUT2D eigenvalue weighted by Crippen LogP contribution is -2.32. The maximum Gasteiger partial charge on any atom is 0.122 e. The van der Waals surface area contributed by atoms with Crippen LogP contribution in [-0.2, 0) is 0 Å². The highest BCUT2D eigenvalue weighted by molar-refractivity contribution is 5.39. The van der Waals surface area contributed by atoms with Gasteiger partial charge in [-0.3, -0.25) is 0 Å². The van der Waals surface area contributed by atoms with E-state index in [1.54, 1.807) is 0 Å². The zero-order valence-corrected chi connectivity index (χ0v) is 11.8. The summed E-state index contributed by atoms with van der Waals surface area (Å²) in [6, 6.07) is 8.99. The number of para-hydroxylation sites is 1. The van der Waals surface area contributed by atoms with Crippen molar-refractivity contribution in [3.05, 3.63) is 29.8 Å². The molecule has 0 radical (unpaired) electrons. The molecule has 1 aliphatic rings. The third-order valence-corrected chi connectivity index (χ3v) is 3.96. The first-order chi connectivity index (χ1) is 8.70. The topological polar surface area (TPSA) is 21.3 Å². The van der Waals surface area contributed by atoms with Gasteiger partial charge in [0.1, 0.15) is 5.75 Å². The quantitative estimate of drug-likeness (QED) is 0.829. The lowest BCUT2D eigenvalue weighted by Gasteiger charge is -2.19. The van der Waals surface area contributed by atoms with Crippen LogP contribution in [0.4, 0.5) is 0 Å². The molecule has 0 saturated heterocycles. The standard InChI is InChI=1S/C16H25NO/c1-4-12(2)9-13(3)17-10-14-11-18-16-8-6-5-7-15(14)16/h5-8,12-14,17H,4,9-11H2,1-3H3. The van der Waals surface area contributed by atoms with Crippen molar-refractivity contribution < 1.29 is 4.74 Å². The largest absolute Gasteiger partial charge is 0.493 e. The minimum absolute atomic E-state index is 0.514. The Morgan fingerprint density at radius 2 is 2.11 bits per heavy atom. The number of fused-ring (bicyclic) bond motifs is 1. The lowest BCUT2D eigenvalue weighted by atomic mass is 9.98. The summed E-state index contributed by atoms with van der Waals surface area (Å²) in [6.45, 7) is 8.72. The fourth-order valence-corrected chi connectivity index (χ4v) is 2.60. The fraction of sp³-hybridized carbons (Fsp3) is 0.625. The Labute approximate surface area is 111 Å². The SMILES string of the molecule is CCC(C)CC(C)NCC1COc2ccccc21. The Bertz CT molecular complexity index is 377. The highest BCUT2D eigenvalue weighted by Crippen LogP contribution is 2.32. The normalized spacial score (nSPS) is 21.2. The molecule has 1 aromatic rings. The van der Waals surface area contributed by atoms with Crippen molar-refractivity contribution in [1.82, 2.24) is 5.32 Å². The van der Waals surface area contributed by atoms with Crippen molar-refractivity contribution in [3.8, 4) is 5.75 Å². The van der Waals surface area contributed by atoms with Crippen LogP contribution in [0.2, 0.25) is 0 Å². The van der Waals surface area contributed by atoms with Crippen LogP contribution in [0.1, 0.15) is 45.1 Å². The van der Waals surface area contributed by atoms with Crippen molar-refractivity contribution in [2.75, 3.05) is 13.2 Å². The van der Waals surface area contributed by atoms with Crippen molar-refractivity contribution in [2.45, 2.75) is 45.6 Å². The van der Waals surface area contributed by atoms with E-state index in [2.05, 4.69) is 44.3 Å². The van der Waals surface area contributed by atoms with Gasteiger partial charge in [-0.25, -0.2) is 0 Å². The predicted molar refractivity (Wildman–Crippen MR) is 76.2 cm³/mol. The van der Waals surface area contributed by atoms with E-state index in [4.69, 9.17) is 4.74 Å². The molecular formula is C16H25NO. The summed E-state index contributed by atoms with van der Waals surface area (Å²) >= 11 is 0. The molecule has 0 saturated carbocycles. The molecule has 0 amide bonds. The molecule has 2 heteroatoms. The van der Waals surface area contributed by atoms with E-state index in [-0.39, 0.29) is 0 Å². The number of rotatable bonds is 6. The van der Waals surface area contributed by atoms with E-state index in [1.165, 1.54) is 18.4 Å². The van der Waals surface area contributed by atoms with Crippen LogP contribution in [0, 0.1) is 5.92 Å². The Hall–Kier alpha value is -1.02. The lowest BCUT2D eigenvalue weighted by molar-refractivity contribution is 0.318. The maximum atomic E-state index is 5.71. The number of hydrogen-bond acceptors (Lipinski definition) is 2. The third kappa shape index (κ3) is 3.26. The first-order valence-corrected chi connectivity index (χ1v) is 7.15. The Morgan fingerprint density at radius 3 is 2.89 bits per heavy atom. The van der Waals surface area contributed by atoms with Crippen LogP contribution in [-0.4, -0.2) is 19.2 Å². The molecule has 0 fully saturated rings. The molecule has 1 aromatic carbocycles. The molecule has 3 unspecified atom stereocenters. The molecule has 3 atom stereocenters. The van der Waals surface area contributed by atoms with E-state index in [9.17, 15) is 0 Å². The van der Waals surface area contributed by atoms with Crippen LogP contribution in [0.15, 0.2) is 24.3 Å². The minimum Gasteiger partial charge on any atom is -0.493 e. The summed E-state index contributed by atoms with van der Waals surface area (Å²) in [5.41, 5.74) is 1.36. The van der Waals surface area contributed by atoms with Gasteiger partial charge in [-0.1, -0.05) is 38.5 Å². The van der Waals surface area contributed by atoms with E-state index in [1.807, 2.05) is 6.07 Å². The summed E-state index contributed by atoms with van der Waals surface area (Å²) < 4.78 is 5.71. The summed E-state index contributed by atoms with van der Waals surface area (Å²) in [6.07, 6.45) is 2.52. The Balaban J connectivity index is 1.82. The van der Waals surface area contributed by atoms with E-state index >= 15 is 0 Å². The highest BCUT2D eigenvalue weighted by Gasteiger charge is 2.23. The average Bonchev–Trinajstić information content (AvgIpc) is 2.79. The zero-order chi connectivity index (χ0) is 13.0. The van der Waals surface area contributed by atoms with Crippen LogP contribution < -0.4 is 10.1 Å². The van der Waals surface area contributed by atoms with Crippen molar-refractivity contribution in [3.63, 3.8) is 0 Å². The van der Waals surface area contributed by atoms with Crippen molar-refractivity contribution in [1.29, 1.82) is 0 Å². The van der Waals surface area contributed by atoms with E-state index < -0.39 is 0 Å². The molecule has 0 aliphatic carbocycles. The summed E-state index contributed by atoms with van der Waals surface area (Å²) in [7, 11) is 0. The summed E-state index contributed by atoms with van der Waals surface area (Å²) in [5.74, 6) is 2.39. The second kappa shape index (κ2) is 6.24. The maximum absolute atomic E-state index is 5.71. The third-order valence-electron chi connectivity index (χ3n) is 3.96. The van der Waals surface area contributed by atoms with Gasteiger partial charge in [0.2, 0.25) is 0 Å². The van der Waals surface area contributed by atoms with Gasteiger partial charge in [-0.15, -0.1) is 0 Å². The molecule has 1 heterocycles. The summed E-state index contributed by atoms with van der Waals surface area (Å²) in [5, 5.41) is 3.65. The number of hydrogen-bond donors (Lipinski definition) is 1. The molecule has 0 bridgehead atoms. The van der Waals surface area contributed by atoms with E-state index in [0.29, 0.717) is 12.0 Å². The smallest absolute Gasteiger partial charge is 0.122 e. The molecule has 0 spiro atoms. The molecule has 2 nitrogen and oxygen atoms in total. The van der Waals surface area contributed by atoms with Gasteiger partial charge in [0.15, 0.2) is 0 Å². The first-order valence-electron chi connectivity index (χ1n) is 7.15. The minimum atomic E-state index is 0.514. The predicted octanol–water partition coefficient (Wildman–Crippen LogP) is 3.58. The van der Waals surface area contributed by atoms with Gasteiger partial charge in [0.05, 0.1) is 6.61 Å². The molecule has 18 heavy (non-hydrogen) atoms. The molecule has 1 N–H and O–H groups in total. The fourth-order valence-electron chi connectivity index (χ4n) is 2.60. The highest BCUT2D eigenvalue weighted by atomic mass is 16.5. The molecule has 1 aliphatic heterocycles. The summed E-state index contributed by atoms with van der Waals surface area (Å²) in [4.78, 5) is 0. The van der Waals surface area contributed by atoms with Gasteiger partial charge >= 0.3 is 0 Å². The number of ether oxygens (including phenoxy) is 1. The Morgan fingerprint density at radius 1 is 1.33 bits per heavy atom. The van der Waals surface area contributed by atoms with Gasteiger partial charge in [0, 0.05) is 24.1 Å².